The van der Waals surface area contributed by atoms with Crippen LogP contribution in [0, 0.1) is 17.6 Å². The van der Waals surface area contributed by atoms with E-state index in [9.17, 15) is 17.6 Å². The van der Waals surface area contributed by atoms with Crippen molar-refractivity contribution in [3.8, 4) is 5.75 Å². The first-order valence-corrected chi connectivity index (χ1v) is 12.5. The zero-order valence-corrected chi connectivity index (χ0v) is 20.4. The smallest absolute Gasteiger partial charge is 0.390 e. The van der Waals surface area contributed by atoms with Crippen molar-refractivity contribution in [1.82, 2.24) is 14.8 Å². The first kappa shape index (κ1) is 25.9. The van der Waals surface area contributed by atoms with Gasteiger partial charge in [-0.15, -0.1) is 0 Å². The molecule has 0 spiro atoms. The molecule has 10 heteroatoms. The highest BCUT2D eigenvalue weighted by molar-refractivity contribution is 5.85. The van der Waals surface area contributed by atoms with Crippen LogP contribution in [0.5, 0.6) is 5.75 Å². The number of fused-ring (bicyclic) bond motifs is 3. The Labute approximate surface area is 211 Å². The van der Waals surface area contributed by atoms with Gasteiger partial charge in [0.15, 0.2) is 0 Å². The molecule has 0 radical (unpaired) electrons. The Bertz CT molecular complexity index is 1230. The van der Waals surface area contributed by atoms with Gasteiger partial charge in [0.25, 0.3) is 0 Å². The molecule has 2 aliphatic rings. The monoisotopic (exact) mass is 525 g/mol. The van der Waals surface area contributed by atoms with Crippen molar-refractivity contribution in [3.63, 3.8) is 0 Å². The van der Waals surface area contributed by atoms with Gasteiger partial charge in [-0.1, -0.05) is 18.2 Å². The molecule has 4 nitrogen and oxygen atoms in total. The first-order valence-electron chi connectivity index (χ1n) is 12.5. The number of benzene rings is 2. The minimum absolute atomic E-state index is 0.00360. The molecule has 1 saturated heterocycles. The topological polar surface area (TPSA) is 31.5 Å². The van der Waals surface area contributed by atoms with Crippen LogP contribution in [-0.2, 0) is 6.42 Å². The number of ether oxygens (including phenoxy) is 1. The molecule has 1 unspecified atom stereocenters. The van der Waals surface area contributed by atoms with Gasteiger partial charge < -0.3 is 9.72 Å². The van der Waals surface area contributed by atoms with Gasteiger partial charge in [0, 0.05) is 72.4 Å². The Kier molecular flexibility index (Phi) is 7.15. The standard InChI is InChI=1S/C27H29F6N3O/c1-16-10-20-19-4-2-3-5-23(19)34-25(20)26(36(16)7-6-27(31,32)33)24-21(29)11-18(12-22(24)30)37-9-8-35-14-17(13-28)15-35/h2-5,11-12,16-17,26,34H,6-10,13-15H2,1H3/t16?,26-/m1/s1. The van der Waals surface area contributed by atoms with E-state index < -0.39 is 36.8 Å². The molecule has 0 aliphatic carbocycles. The number of aromatic nitrogens is 1. The fraction of sp³-hybridized carbons (Fsp3) is 0.481. The van der Waals surface area contributed by atoms with E-state index >= 15 is 8.78 Å². The summed E-state index contributed by atoms with van der Waals surface area (Å²) in [6, 6.07) is 8.17. The number of likely N-dealkylation sites (tertiary alicyclic amines) is 1. The lowest BCUT2D eigenvalue weighted by Gasteiger charge is -2.41. The summed E-state index contributed by atoms with van der Waals surface area (Å²) in [5.74, 6) is -1.72. The van der Waals surface area contributed by atoms with Crippen LogP contribution in [0.25, 0.3) is 10.9 Å². The fourth-order valence-corrected chi connectivity index (χ4v) is 5.58. The highest BCUT2D eigenvalue weighted by atomic mass is 19.4. The van der Waals surface area contributed by atoms with Crippen molar-refractivity contribution >= 4 is 10.9 Å². The lowest BCUT2D eigenvalue weighted by Crippen LogP contribution is -2.49. The van der Waals surface area contributed by atoms with Crippen molar-refractivity contribution in [2.45, 2.75) is 38.0 Å². The third-order valence-corrected chi connectivity index (χ3v) is 7.42. The van der Waals surface area contributed by atoms with E-state index in [-0.39, 0.29) is 36.6 Å². The molecule has 3 heterocycles. The maximum Gasteiger partial charge on any atom is 0.390 e. The number of halogens is 6. The number of alkyl halides is 4. The second-order valence-electron chi connectivity index (χ2n) is 10.1. The predicted molar refractivity (Wildman–Crippen MR) is 128 cm³/mol. The van der Waals surface area contributed by atoms with Gasteiger partial charge in [-0.25, -0.2) is 8.78 Å². The summed E-state index contributed by atoms with van der Waals surface area (Å²) in [6.45, 7) is 2.96. The van der Waals surface area contributed by atoms with Crippen LogP contribution in [0.2, 0.25) is 0 Å². The highest BCUT2D eigenvalue weighted by Gasteiger charge is 2.40. The fourth-order valence-electron chi connectivity index (χ4n) is 5.58. The minimum atomic E-state index is -4.40. The van der Waals surface area contributed by atoms with Crippen molar-refractivity contribution in [2.75, 3.05) is 39.5 Å². The van der Waals surface area contributed by atoms with Crippen molar-refractivity contribution in [1.29, 1.82) is 0 Å². The van der Waals surface area contributed by atoms with Crippen LogP contribution in [0.1, 0.15) is 36.2 Å². The highest BCUT2D eigenvalue weighted by Crippen LogP contribution is 2.43. The number of hydrogen-bond acceptors (Lipinski definition) is 3. The minimum Gasteiger partial charge on any atom is -0.492 e. The molecule has 0 bridgehead atoms. The van der Waals surface area contributed by atoms with E-state index in [1.165, 1.54) is 4.90 Å². The Hall–Kier alpha value is -2.72. The number of nitrogens with zero attached hydrogens (tertiary/aromatic N) is 2. The molecule has 0 amide bonds. The quantitative estimate of drug-likeness (QED) is 0.366. The number of para-hydroxylation sites is 1. The van der Waals surface area contributed by atoms with Crippen molar-refractivity contribution in [3.05, 3.63) is 64.9 Å². The van der Waals surface area contributed by atoms with E-state index in [0.29, 0.717) is 31.7 Å². The van der Waals surface area contributed by atoms with Crippen LogP contribution in [-0.4, -0.2) is 66.5 Å². The summed E-state index contributed by atoms with van der Waals surface area (Å²) in [5, 5.41) is 0.895. The summed E-state index contributed by atoms with van der Waals surface area (Å²) in [4.78, 5) is 6.75. The van der Waals surface area contributed by atoms with E-state index in [1.54, 1.807) is 6.92 Å². The molecule has 200 valence electrons. The maximum absolute atomic E-state index is 15.5. The third kappa shape index (κ3) is 5.31. The Morgan fingerprint density at radius 1 is 1.05 bits per heavy atom. The van der Waals surface area contributed by atoms with Crippen LogP contribution < -0.4 is 4.74 Å². The summed E-state index contributed by atoms with van der Waals surface area (Å²) < 4.78 is 88.7. The second kappa shape index (κ2) is 10.2. The summed E-state index contributed by atoms with van der Waals surface area (Å²) >= 11 is 0. The van der Waals surface area contributed by atoms with Gasteiger partial charge in [0.1, 0.15) is 24.0 Å². The van der Waals surface area contributed by atoms with E-state index in [4.69, 9.17) is 4.74 Å². The Morgan fingerprint density at radius 2 is 1.76 bits per heavy atom. The summed E-state index contributed by atoms with van der Waals surface area (Å²) in [6.07, 6.45) is -5.04. The lowest BCUT2D eigenvalue weighted by atomic mass is 9.88. The normalized spacial score (nSPS) is 21.3. The summed E-state index contributed by atoms with van der Waals surface area (Å²) in [5.41, 5.74) is 1.83. The average molecular weight is 526 g/mol. The van der Waals surface area contributed by atoms with E-state index in [2.05, 4.69) is 4.98 Å². The number of hydrogen-bond donors (Lipinski definition) is 1. The summed E-state index contributed by atoms with van der Waals surface area (Å²) in [7, 11) is 0. The molecule has 1 fully saturated rings. The zero-order chi connectivity index (χ0) is 26.3. The van der Waals surface area contributed by atoms with Crippen molar-refractivity contribution in [2.24, 2.45) is 5.92 Å². The Morgan fingerprint density at radius 3 is 2.43 bits per heavy atom. The van der Waals surface area contributed by atoms with E-state index in [0.717, 1.165) is 28.6 Å². The second-order valence-corrected chi connectivity index (χ2v) is 10.1. The molecule has 5 rings (SSSR count). The van der Waals surface area contributed by atoms with Gasteiger partial charge in [0.05, 0.1) is 19.1 Å². The predicted octanol–water partition coefficient (Wildman–Crippen LogP) is 6.01. The van der Waals surface area contributed by atoms with Crippen LogP contribution >= 0.6 is 0 Å². The molecule has 3 aromatic rings. The molecule has 2 aliphatic heterocycles. The average Bonchev–Trinajstić information content (AvgIpc) is 3.17. The molecule has 37 heavy (non-hydrogen) atoms. The Balaban J connectivity index is 1.45. The van der Waals surface area contributed by atoms with Gasteiger partial charge >= 0.3 is 6.18 Å². The molecule has 1 N–H and O–H groups in total. The number of rotatable bonds is 8. The van der Waals surface area contributed by atoms with Crippen LogP contribution in [0.4, 0.5) is 26.3 Å². The molecule has 1 aromatic heterocycles. The number of aromatic amines is 1. The molecule has 2 atom stereocenters. The molecule has 2 aromatic carbocycles. The lowest BCUT2D eigenvalue weighted by molar-refractivity contribution is -0.140. The molecular weight excluding hydrogens is 496 g/mol. The van der Waals surface area contributed by atoms with Crippen LogP contribution in [0.15, 0.2) is 36.4 Å². The SMILES string of the molecule is CC1Cc2c([nH]c3ccccc23)[C@@H](c2c(F)cc(OCCN3CC(CF)C3)cc2F)N1CCC(F)(F)F. The van der Waals surface area contributed by atoms with Gasteiger partial charge in [0.2, 0.25) is 0 Å². The maximum atomic E-state index is 15.5. The van der Waals surface area contributed by atoms with Gasteiger partial charge in [-0.3, -0.25) is 14.2 Å². The van der Waals surface area contributed by atoms with Crippen molar-refractivity contribution < 1.29 is 31.1 Å². The number of nitrogens with one attached hydrogen (secondary N) is 1. The third-order valence-electron chi connectivity index (χ3n) is 7.42. The van der Waals surface area contributed by atoms with Gasteiger partial charge in [-0.2, -0.15) is 13.2 Å². The molecule has 0 saturated carbocycles. The largest absolute Gasteiger partial charge is 0.492 e. The van der Waals surface area contributed by atoms with Gasteiger partial charge in [-0.05, 0) is 25.0 Å². The zero-order valence-electron chi connectivity index (χ0n) is 20.4. The first-order chi connectivity index (χ1) is 17.6. The molecular formula is C27H29F6N3O. The number of H-pyrrole nitrogens is 1. The van der Waals surface area contributed by atoms with E-state index in [1.807, 2.05) is 29.2 Å². The van der Waals surface area contributed by atoms with Crippen LogP contribution in [0.3, 0.4) is 0 Å².